The molecule has 0 fully saturated rings. The first-order valence-corrected chi connectivity index (χ1v) is 7.45. The summed E-state index contributed by atoms with van der Waals surface area (Å²) < 4.78 is 0. The molecule has 0 unspecified atom stereocenters. The van der Waals surface area contributed by atoms with Crippen molar-refractivity contribution in [3.05, 3.63) is 65.2 Å². The van der Waals surface area contributed by atoms with Gasteiger partial charge in [-0.15, -0.1) is 0 Å². The molecule has 0 aliphatic rings. The first kappa shape index (κ1) is 16.6. The fraction of sp³-hybridized carbons (Fsp3) is 0.118. The van der Waals surface area contributed by atoms with Gasteiger partial charge in [0.1, 0.15) is 0 Å². The van der Waals surface area contributed by atoms with E-state index in [2.05, 4.69) is 10.6 Å². The molecule has 3 N–H and O–H groups in total. The lowest BCUT2D eigenvalue weighted by Gasteiger charge is -2.10. The lowest BCUT2D eigenvalue weighted by molar-refractivity contribution is 0.0696. The van der Waals surface area contributed by atoms with Crippen LogP contribution in [0.2, 0.25) is 0 Å². The SMILES string of the molecule is CCc1ccc(C(=O)NC(=S)Nc2cccc(C(=O)O)c2)cc1. The fourth-order valence-electron chi connectivity index (χ4n) is 1.96. The molecule has 6 heteroatoms. The van der Waals surface area contributed by atoms with Gasteiger partial charge in [0, 0.05) is 11.3 Å². The zero-order valence-electron chi connectivity index (χ0n) is 12.5. The van der Waals surface area contributed by atoms with Crippen LogP contribution in [-0.4, -0.2) is 22.1 Å². The van der Waals surface area contributed by atoms with Crippen LogP contribution in [0.15, 0.2) is 48.5 Å². The van der Waals surface area contributed by atoms with E-state index in [9.17, 15) is 9.59 Å². The van der Waals surface area contributed by atoms with Crippen molar-refractivity contribution in [3.8, 4) is 0 Å². The second-order valence-electron chi connectivity index (χ2n) is 4.84. The van der Waals surface area contributed by atoms with Crippen LogP contribution in [0.4, 0.5) is 5.69 Å². The van der Waals surface area contributed by atoms with Gasteiger partial charge in [-0.25, -0.2) is 4.79 Å². The largest absolute Gasteiger partial charge is 0.478 e. The Morgan fingerprint density at radius 3 is 2.39 bits per heavy atom. The molecule has 0 radical (unpaired) electrons. The minimum absolute atomic E-state index is 0.108. The number of nitrogens with one attached hydrogen (secondary N) is 2. The van der Waals surface area contributed by atoms with Crippen molar-refractivity contribution in [2.24, 2.45) is 0 Å². The Morgan fingerprint density at radius 1 is 1.09 bits per heavy atom. The number of anilines is 1. The third-order valence-electron chi connectivity index (χ3n) is 3.22. The number of carbonyl (C=O) groups excluding carboxylic acids is 1. The van der Waals surface area contributed by atoms with Crippen molar-refractivity contribution in [1.82, 2.24) is 5.32 Å². The molecule has 5 nitrogen and oxygen atoms in total. The van der Waals surface area contributed by atoms with Crippen LogP contribution >= 0.6 is 12.2 Å². The number of hydrogen-bond acceptors (Lipinski definition) is 3. The fourth-order valence-corrected chi connectivity index (χ4v) is 2.17. The van der Waals surface area contributed by atoms with E-state index in [1.165, 1.54) is 12.1 Å². The van der Waals surface area contributed by atoms with Gasteiger partial charge in [0.15, 0.2) is 5.11 Å². The van der Waals surface area contributed by atoms with Crippen molar-refractivity contribution in [2.45, 2.75) is 13.3 Å². The van der Waals surface area contributed by atoms with Crippen molar-refractivity contribution >= 4 is 34.9 Å². The number of aromatic carboxylic acids is 1. The highest BCUT2D eigenvalue weighted by Crippen LogP contribution is 2.11. The third-order valence-corrected chi connectivity index (χ3v) is 3.42. The van der Waals surface area contributed by atoms with Gasteiger partial charge in [0.25, 0.3) is 5.91 Å². The van der Waals surface area contributed by atoms with Gasteiger partial charge in [0.2, 0.25) is 0 Å². The molecule has 0 heterocycles. The molecule has 2 rings (SSSR count). The maximum Gasteiger partial charge on any atom is 0.335 e. The van der Waals surface area contributed by atoms with Crippen LogP contribution in [0.1, 0.15) is 33.2 Å². The molecule has 118 valence electrons. The van der Waals surface area contributed by atoms with Gasteiger partial charge in [0.05, 0.1) is 5.56 Å². The summed E-state index contributed by atoms with van der Waals surface area (Å²) in [6.45, 7) is 2.04. The molecule has 0 aliphatic carbocycles. The van der Waals surface area contributed by atoms with Gasteiger partial charge >= 0.3 is 5.97 Å². The molecule has 0 aromatic heterocycles. The zero-order valence-corrected chi connectivity index (χ0v) is 13.3. The Kier molecular flexibility index (Phi) is 5.43. The molecule has 23 heavy (non-hydrogen) atoms. The summed E-state index contributed by atoms with van der Waals surface area (Å²) in [5.74, 6) is -1.35. The average molecular weight is 328 g/mol. The normalized spacial score (nSPS) is 9.96. The van der Waals surface area contributed by atoms with Gasteiger partial charge < -0.3 is 10.4 Å². The lowest BCUT2D eigenvalue weighted by Crippen LogP contribution is -2.34. The monoisotopic (exact) mass is 328 g/mol. The Hall–Kier alpha value is -2.73. The highest BCUT2D eigenvalue weighted by atomic mass is 32.1. The van der Waals surface area contributed by atoms with Crippen LogP contribution < -0.4 is 10.6 Å². The van der Waals surface area contributed by atoms with Crippen LogP contribution in [-0.2, 0) is 6.42 Å². The van der Waals surface area contributed by atoms with Gasteiger partial charge in [-0.3, -0.25) is 10.1 Å². The standard InChI is InChI=1S/C17H16N2O3S/c1-2-11-6-8-12(9-7-11)15(20)19-17(23)18-14-5-3-4-13(10-14)16(21)22/h3-10H,2H2,1H3,(H,21,22)(H2,18,19,20,23). The summed E-state index contributed by atoms with van der Waals surface area (Å²) in [4.78, 5) is 23.0. The number of amides is 1. The summed E-state index contributed by atoms with van der Waals surface area (Å²) in [5.41, 5.74) is 2.29. The molecule has 2 aromatic carbocycles. The molecule has 2 aromatic rings. The number of carboxylic acid groups (broad SMARTS) is 1. The van der Waals surface area contributed by atoms with Gasteiger partial charge in [-0.1, -0.05) is 25.1 Å². The predicted molar refractivity (Wildman–Crippen MR) is 92.9 cm³/mol. The molecular formula is C17H16N2O3S. The van der Waals surface area contributed by atoms with E-state index < -0.39 is 5.97 Å². The minimum Gasteiger partial charge on any atom is -0.478 e. The van der Waals surface area contributed by atoms with Crippen molar-refractivity contribution in [3.63, 3.8) is 0 Å². The van der Waals surface area contributed by atoms with E-state index in [1.807, 2.05) is 19.1 Å². The highest BCUT2D eigenvalue weighted by Gasteiger charge is 2.09. The quantitative estimate of drug-likeness (QED) is 0.752. The number of benzene rings is 2. The smallest absolute Gasteiger partial charge is 0.335 e. The highest BCUT2D eigenvalue weighted by molar-refractivity contribution is 7.80. The molecule has 0 bridgehead atoms. The third kappa shape index (κ3) is 4.62. The lowest BCUT2D eigenvalue weighted by atomic mass is 10.1. The second-order valence-corrected chi connectivity index (χ2v) is 5.25. The number of rotatable bonds is 4. The first-order valence-electron chi connectivity index (χ1n) is 7.04. The summed E-state index contributed by atoms with van der Waals surface area (Å²) >= 11 is 5.08. The van der Waals surface area contributed by atoms with Crippen molar-refractivity contribution < 1.29 is 14.7 Å². The van der Waals surface area contributed by atoms with Gasteiger partial charge in [-0.05, 0) is 54.5 Å². The number of carboxylic acids is 1. The van der Waals surface area contributed by atoms with E-state index in [1.54, 1.807) is 24.3 Å². The summed E-state index contributed by atoms with van der Waals surface area (Å²) in [6.07, 6.45) is 0.905. The number of carbonyl (C=O) groups is 2. The minimum atomic E-state index is -1.03. The number of thiocarbonyl (C=S) groups is 1. The van der Waals surface area contributed by atoms with E-state index in [4.69, 9.17) is 17.3 Å². The predicted octanol–water partition coefficient (Wildman–Crippen LogP) is 3.07. The summed E-state index contributed by atoms with van der Waals surface area (Å²) in [7, 11) is 0. The zero-order chi connectivity index (χ0) is 16.8. The van der Waals surface area contributed by atoms with E-state index in [0.29, 0.717) is 11.3 Å². The molecule has 0 saturated carbocycles. The van der Waals surface area contributed by atoms with E-state index in [-0.39, 0.29) is 16.6 Å². The van der Waals surface area contributed by atoms with Crippen LogP contribution in [0, 0.1) is 0 Å². The Balaban J connectivity index is 1.99. The summed E-state index contributed by atoms with van der Waals surface area (Å²) in [5, 5.41) is 14.4. The average Bonchev–Trinajstić information content (AvgIpc) is 2.55. The summed E-state index contributed by atoms with van der Waals surface area (Å²) in [6, 6.07) is 13.4. The molecule has 0 saturated heterocycles. The van der Waals surface area contributed by atoms with Crippen molar-refractivity contribution in [1.29, 1.82) is 0 Å². The van der Waals surface area contributed by atoms with Gasteiger partial charge in [-0.2, -0.15) is 0 Å². The topological polar surface area (TPSA) is 78.4 Å². The molecular weight excluding hydrogens is 312 g/mol. The van der Waals surface area contributed by atoms with E-state index >= 15 is 0 Å². The molecule has 0 atom stereocenters. The number of hydrogen-bond donors (Lipinski definition) is 3. The van der Waals surface area contributed by atoms with Crippen LogP contribution in [0.3, 0.4) is 0 Å². The molecule has 1 amide bonds. The van der Waals surface area contributed by atoms with Crippen LogP contribution in [0.25, 0.3) is 0 Å². The maximum absolute atomic E-state index is 12.1. The first-order chi connectivity index (χ1) is 11.0. The maximum atomic E-state index is 12.1. The second kappa shape index (κ2) is 7.51. The van der Waals surface area contributed by atoms with E-state index in [0.717, 1.165) is 12.0 Å². The molecule has 0 spiro atoms. The Morgan fingerprint density at radius 2 is 1.78 bits per heavy atom. The van der Waals surface area contributed by atoms with Crippen LogP contribution in [0.5, 0.6) is 0 Å². The van der Waals surface area contributed by atoms with Crippen molar-refractivity contribution in [2.75, 3.05) is 5.32 Å². The number of aryl methyl sites for hydroxylation is 1. The molecule has 0 aliphatic heterocycles. The Bertz CT molecular complexity index is 742. The Labute approximate surface area is 139 Å².